The number of piperidine rings is 2. The maximum atomic E-state index is 13.3. The molecular weight excluding hydrogens is 1160 g/mol. The fraction of sp³-hybridized carbons (Fsp3) is 0.423. The highest BCUT2D eigenvalue weighted by Crippen LogP contribution is 2.37. The summed E-state index contributed by atoms with van der Waals surface area (Å²) in [7, 11) is 1.02. The summed E-state index contributed by atoms with van der Waals surface area (Å²) in [5, 5.41) is 7.48. The third-order valence-corrected chi connectivity index (χ3v) is 18.0. The SMILES string of the molecule is CC(C)S(=O)(=O)c1ncccc1Nc1nc(Cl)ncc1Cl.CC(C)S(=O)(=O)c1ncccc1Nc1nc(Nc2ccc(N3CCC(N(C)C)CC3)cc2OC(F)F)ncc1Cl.CN(C)C1CCN(c2ccc(N)c(OC(F)F)c2)CC1. The van der Waals surface area contributed by atoms with Gasteiger partial charge in [-0.05, 0) is 142 Å². The predicted octanol–water partition coefficient (Wildman–Crippen LogP) is 10.8. The molecule has 5 N–H and O–H groups in total. The second-order valence-electron chi connectivity index (χ2n) is 19.5. The van der Waals surface area contributed by atoms with Crippen LogP contribution in [0.4, 0.5) is 69.3 Å². The lowest BCUT2D eigenvalue weighted by Crippen LogP contribution is -2.42. The van der Waals surface area contributed by atoms with Crippen LogP contribution in [0.5, 0.6) is 11.5 Å². The maximum Gasteiger partial charge on any atom is 0.387 e. The molecule has 0 unspecified atom stereocenters. The molecule has 0 radical (unpaired) electrons. The lowest BCUT2D eigenvalue weighted by atomic mass is 10.0. The summed E-state index contributed by atoms with van der Waals surface area (Å²) >= 11 is 18.0. The Balaban J connectivity index is 0.000000216. The number of pyridine rings is 2. The minimum atomic E-state index is -3.71. The highest BCUT2D eigenvalue weighted by Gasteiger charge is 2.28. The second kappa shape index (κ2) is 28.6. The fourth-order valence-corrected chi connectivity index (χ4v) is 11.0. The first-order chi connectivity index (χ1) is 38.2. The molecular formula is C52H65Cl3F4N14O6S2. The summed E-state index contributed by atoms with van der Waals surface area (Å²) in [4.78, 5) is 32.9. The average Bonchev–Trinajstić information content (AvgIpc) is 3.45. The van der Waals surface area contributed by atoms with Gasteiger partial charge in [0.2, 0.25) is 11.2 Å². The van der Waals surface area contributed by atoms with Gasteiger partial charge >= 0.3 is 13.2 Å². The van der Waals surface area contributed by atoms with Gasteiger partial charge in [0.25, 0.3) is 0 Å². The number of hydrogen-bond acceptors (Lipinski definition) is 20. The van der Waals surface area contributed by atoms with Crippen molar-refractivity contribution in [3.63, 3.8) is 0 Å². The Morgan fingerprint density at radius 2 is 1.02 bits per heavy atom. The highest BCUT2D eigenvalue weighted by molar-refractivity contribution is 7.92. The van der Waals surface area contributed by atoms with E-state index < -0.39 is 43.4 Å². The molecule has 2 aromatic carbocycles. The third kappa shape index (κ3) is 17.4. The zero-order valence-electron chi connectivity index (χ0n) is 45.7. The lowest BCUT2D eigenvalue weighted by molar-refractivity contribution is -0.0499. The summed E-state index contributed by atoms with van der Waals surface area (Å²) in [5.41, 5.74) is 8.23. The molecule has 29 heteroatoms. The van der Waals surface area contributed by atoms with E-state index in [2.05, 4.69) is 98.4 Å². The Kier molecular flexibility index (Phi) is 22.6. The van der Waals surface area contributed by atoms with Gasteiger partial charge in [-0.25, -0.2) is 36.8 Å². The molecule has 20 nitrogen and oxygen atoms in total. The third-order valence-electron chi connectivity index (χ3n) is 13.0. The lowest BCUT2D eigenvalue weighted by Gasteiger charge is -2.36. The van der Waals surface area contributed by atoms with E-state index in [1.807, 2.05) is 12.1 Å². The minimum Gasteiger partial charge on any atom is -0.433 e. The summed E-state index contributed by atoms with van der Waals surface area (Å²) < 4.78 is 111. The number of nitrogens with one attached hydrogen (secondary N) is 3. The highest BCUT2D eigenvalue weighted by atomic mass is 35.5. The molecule has 440 valence electrons. The van der Waals surface area contributed by atoms with Crippen LogP contribution in [0.3, 0.4) is 0 Å². The molecule has 0 spiro atoms. The number of ether oxygens (including phenoxy) is 2. The molecule has 6 aromatic rings. The van der Waals surface area contributed by atoms with E-state index in [9.17, 15) is 34.4 Å². The average molecular weight is 1230 g/mol. The van der Waals surface area contributed by atoms with Crippen LogP contribution in [-0.4, -0.2) is 147 Å². The van der Waals surface area contributed by atoms with Crippen LogP contribution < -0.4 is 41.0 Å². The number of anilines is 9. The van der Waals surface area contributed by atoms with Gasteiger partial charge in [0.15, 0.2) is 52.9 Å². The molecule has 0 atom stereocenters. The van der Waals surface area contributed by atoms with Crippen molar-refractivity contribution < 1.29 is 43.9 Å². The molecule has 2 aliphatic rings. The number of aromatic nitrogens is 6. The van der Waals surface area contributed by atoms with Gasteiger partial charge < -0.3 is 50.8 Å². The van der Waals surface area contributed by atoms with Crippen molar-refractivity contribution in [2.24, 2.45) is 0 Å². The number of rotatable bonds is 18. The molecule has 81 heavy (non-hydrogen) atoms. The molecule has 0 bridgehead atoms. The number of nitrogen functional groups attached to an aromatic ring is 1. The van der Waals surface area contributed by atoms with Crippen molar-refractivity contribution in [3.8, 4) is 11.5 Å². The molecule has 2 fully saturated rings. The molecule has 4 aromatic heterocycles. The van der Waals surface area contributed by atoms with Crippen LogP contribution in [0.1, 0.15) is 53.4 Å². The first-order valence-corrected chi connectivity index (χ1v) is 29.6. The van der Waals surface area contributed by atoms with Gasteiger partial charge in [-0.2, -0.15) is 27.5 Å². The summed E-state index contributed by atoms with van der Waals surface area (Å²) in [6.45, 7) is 3.79. The van der Waals surface area contributed by atoms with Crippen LogP contribution in [0.15, 0.2) is 95.5 Å². The van der Waals surface area contributed by atoms with Crippen molar-refractivity contribution in [2.75, 3.05) is 85.9 Å². The molecule has 0 saturated carbocycles. The topological polar surface area (TPSA) is 239 Å². The number of nitrogens with two attached hydrogens (primary N) is 1. The summed E-state index contributed by atoms with van der Waals surface area (Å²) in [6, 6.07) is 17.5. The Morgan fingerprint density at radius 1 is 0.593 bits per heavy atom. The van der Waals surface area contributed by atoms with Crippen LogP contribution in [0.25, 0.3) is 0 Å². The van der Waals surface area contributed by atoms with Gasteiger partial charge in [-0.1, -0.05) is 23.2 Å². The van der Waals surface area contributed by atoms with Gasteiger partial charge in [0.1, 0.15) is 10.0 Å². The first kappa shape index (κ1) is 63.9. The van der Waals surface area contributed by atoms with Crippen LogP contribution in [-0.2, 0) is 19.7 Å². The maximum absolute atomic E-state index is 13.3. The first-order valence-electron chi connectivity index (χ1n) is 25.4. The number of sulfone groups is 2. The van der Waals surface area contributed by atoms with Gasteiger partial charge in [-0.15, -0.1) is 0 Å². The van der Waals surface area contributed by atoms with Crippen molar-refractivity contribution >= 4 is 106 Å². The van der Waals surface area contributed by atoms with E-state index in [0.29, 0.717) is 12.1 Å². The predicted molar refractivity (Wildman–Crippen MR) is 310 cm³/mol. The van der Waals surface area contributed by atoms with E-state index in [1.54, 1.807) is 76.2 Å². The van der Waals surface area contributed by atoms with Crippen molar-refractivity contribution in [1.82, 2.24) is 39.7 Å². The monoisotopic (exact) mass is 1230 g/mol. The largest absolute Gasteiger partial charge is 0.433 e. The number of benzene rings is 2. The molecule has 0 aliphatic carbocycles. The van der Waals surface area contributed by atoms with Crippen LogP contribution >= 0.6 is 34.8 Å². The van der Waals surface area contributed by atoms with E-state index in [0.717, 1.165) is 63.2 Å². The van der Waals surface area contributed by atoms with Gasteiger partial charge in [-0.3, -0.25) is 0 Å². The Labute approximate surface area is 484 Å². The minimum absolute atomic E-state index is 0.000873. The van der Waals surface area contributed by atoms with Crippen LogP contribution in [0, 0.1) is 0 Å². The second-order valence-corrected chi connectivity index (χ2v) is 25.5. The molecule has 8 rings (SSSR count). The Bertz CT molecular complexity index is 3290. The zero-order chi connectivity index (χ0) is 59.3. The van der Waals surface area contributed by atoms with E-state index in [1.165, 1.54) is 24.8 Å². The summed E-state index contributed by atoms with van der Waals surface area (Å²) in [6.07, 6.45) is 9.47. The van der Waals surface area contributed by atoms with Gasteiger partial charge in [0.05, 0.1) is 45.6 Å². The standard InChI is InChI=1S/C26H32ClF2N7O3S.C14H21F2N3O.C12H12Cl2N4O2S/c1-16(2)40(37,38)24-21(6-5-11-30-24)32-23-19(27)15-31-26(34-23)33-20-8-7-18(14-22(20)39-25(28)29)36-12-9-17(10-13-36)35(3)4;1-18(2)10-5-7-19(8-6-10)11-3-4-12(17)13(9-11)20-14(15)16;1-7(2)21(19,20)11-9(4-3-5-15-11)17-10-8(13)6-16-12(14)18-10/h5-8,11,14-17,25H,9-10,12-13H2,1-4H3,(H2,31,32,33,34);3-4,9-10,14H,5-8,17H2,1-2H3;3-7H,1-2H3,(H,16,17,18). The molecule has 2 aliphatic heterocycles. The van der Waals surface area contributed by atoms with Crippen molar-refractivity contribution in [1.29, 1.82) is 0 Å². The van der Waals surface area contributed by atoms with Crippen molar-refractivity contribution in [2.45, 2.75) is 99.2 Å². The fourth-order valence-electron chi connectivity index (χ4n) is 8.40. The smallest absolute Gasteiger partial charge is 0.387 e. The zero-order valence-corrected chi connectivity index (χ0v) is 49.6. The quantitative estimate of drug-likeness (QED) is 0.0355. The van der Waals surface area contributed by atoms with E-state index >= 15 is 0 Å². The number of nitrogens with zero attached hydrogens (tertiary/aromatic N) is 10. The summed E-state index contributed by atoms with van der Waals surface area (Å²) in [5.74, 6) is 0.330. The number of alkyl halides is 4. The molecule has 6 heterocycles. The van der Waals surface area contributed by atoms with Crippen molar-refractivity contribution in [3.05, 3.63) is 101 Å². The van der Waals surface area contributed by atoms with Crippen LogP contribution in [0.2, 0.25) is 15.3 Å². The number of halogens is 7. The van der Waals surface area contributed by atoms with Gasteiger partial charge in [0, 0.05) is 74.2 Å². The molecule has 2 saturated heterocycles. The van der Waals surface area contributed by atoms with E-state index in [4.69, 9.17) is 45.3 Å². The normalized spacial score (nSPS) is 14.5. The van der Waals surface area contributed by atoms with E-state index in [-0.39, 0.29) is 77.2 Å². The Morgan fingerprint density at radius 3 is 1.48 bits per heavy atom. The number of hydrogen-bond donors (Lipinski definition) is 4. The molecule has 0 amide bonds. The Hall–Kier alpha value is -6.29.